The predicted octanol–water partition coefficient (Wildman–Crippen LogP) is 2.32. The van der Waals surface area contributed by atoms with Crippen molar-refractivity contribution in [3.05, 3.63) is 18.7 Å². The number of nitrogens with zero attached hydrogens (tertiary/aromatic N) is 4. The molecule has 0 amide bonds. The Morgan fingerprint density at radius 2 is 2.12 bits per heavy atom. The number of aromatic nitrogens is 2. The number of imidazole rings is 1. The van der Waals surface area contributed by atoms with E-state index in [9.17, 15) is 0 Å². The highest BCUT2D eigenvalue weighted by Gasteiger charge is 2.19. The van der Waals surface area contributed by atoms with Gasteiger partial charge in [-0.05, 0) is 32.7 Å². The molecule has 0 radical (unpaired) electrons. The maximum atomic E-state index is 4.72. The van der Waals surface area contributed by atoms with E-state index < -0.39 is 0 Å². The summed E-state index contributed by atoms with van der Waals surface area (Å²) in [6.07, 6.45) is 11.0. The van der Waals surface area contributed by atoms with E-state index in [4.69, 9.17) is 4.99 Å². The number of aliphatic imine (C=N–C) groups is 1. The molecule has 0 aliphatic carbocycles. The van der Waals surface area contributed by atoms with E-state index in [-0.39, 0.29) is 24.0 Å². The minimum absolute atomic E-state index is 0. The predicted molar refractivity (Wildman–Crippen MR) is 111 cm³/mol. The first-order valence-corrected chi connectivity index (χ1v) is 9.05. The maximum absolute atomic E-state index is 4.72. The van der Waals surface area contributed by atoms with E-state index in [1.807, 2.05) is 18.7 Å². The topological polar surface area (TPSA) is 57.5 Å². The van der Waals surface area contributed by atoms with Crippen LogP contribution in [0.25, 0.3) is 0 Å². The summed E-state index contributed by atoms with van der Waals surface area (Å²) in [5, 5.41) is 6.71. The lowest BCUT2D eigenvalue weighted by atomic mass is 10.0. The Balaban J connectivity index is 0.00000288. The van der Waals surface area contributed by atoms with Crippen molar-refractivity contribution in [2.24, 2.45) is 4.99 Å². The van der Waals surface area contributed by atoms with Crippen molar-refractivity contribution in [2.45, 2.75) is 52.1 Å². The Labute approximate surface area is 163 Å². The Bertz CT molecular complexity index is 448. The van der Waals surface area contributed by atoms with E-state index in [0.717, 1.165) is 44.7 Å². The molecule has 0 saturated carbocycles. The third kappa shape index (κ3) is 7.38. The molecule has 0 bridgehead atoms. The van der Waals surface area contributed by atoms with E-state index in [0.29, 0.717) is 0 Å². The van der Waals surface area contributed by atoms with Crippen molar-refractivity contribution >= 4 is 29.9 Å². The molecular formula is C17H33IN6. The average Bonchev–Trinajstić information content (AvgIpc) is 3.08. The molecule has 1 aliphatic rings. The zero-order valence-corrected chi connectivity index (χ0v) is 17.4. The van der Waals surface area contributed by atoms with Gasteiger partial charge in [-0.25, -0.2) is 4.98 Å². The lowest BCUT2D eigenvalue weighted by Gasteiger charge is -2.34. The normalized spacial score (nSPS) is 18.9. The summed E-state index contributed by atoms with van der Waals surface area (Å²) >= 11 is 0. The summed E-state index contributed by atoms with van der Waals surface area (Å²) in [7, 11) is 0. The molecular weight excluding hydrogens is 415 g/mol. The zero-order valence-electron chi connectivity index (χ0n) is 15.1. The smallest absolute Gasteiger partial charge is 0.191 e. The molecule has 2 N–H and O–H groups in total. The van der Waals surface area contributed by atoms with Crippen LogP contribution in [-0.2, 0) is 6.54 Å². The number of hydrogen-bond donors (Lipinski definition) is 2. The monoisotopic (exact) mass is 448 g/mol. The van der Waals surface area contributed by atoms with E-state index in [1.165, 1.54) is 32.2 Å². The van der Waals surface area contributed by atoms with Crippen molar-refractivity contribution in [2.75, 3.05) is 32.7 Å². The molecule has 1 saturated heterocycles. The second kappa shape index (κ2) is 12.5. The molecule has 2 rings (SSSR count). The van der Waals surface area contributed by atoms with Crippen molar-refractivity contribution in [3.63, 3.8) is 0 Å². The summed E-state index contributed by atoms with van der Waals surface area (Å²) in [6.45, 7) is 10.2. The van der Waals surface area contributed by atoms with Crippen LogP contribution in [0.1, 0.15) is 39.5 Å². The highest BCUT2D eigenvalue weighted by atomic mass is 127. The number of hydrogen-bond acceptors (Lipinski definition) is 3. The second-order valence-electron chi connectivity index (χ2n) is 6.08. The summed E-state index contributed by atoms with van der Waals surface area (Å²) in [6, 6.07) is 0.760. The van der Waals surface area contributed by atoms with Gasteiger partial charge in [-0.15, -0.1) is 24.0 Å². The van der Waals surface area contributed by atoms with Crippen LogP contribution in [0.3, 0.4) is 0 Å². The third-order valence-electron chi connectivity index (χ3n) is 4.44. The van der Waals surface area contributed by atoms with E-state index >= 15 is 0 Å². The van der Waals surface area contributed by atoms with Gasteiger partial charge in [0.25, 0.3) is 0 Å². The fourth-order valence-corrected chi connectivity index (χ4v) is 3.17. The van der Waals surface area contributed by atoms with Gasteiger partial charge < -0.3 is 15.2 Å². The number of guanidine groups is 1. The first-order chi connectivity index (χ1) is 11.3. The van der Waals surface area contributed by atoms with Crippen LogP contribution in [0.4, 0.5) is 0 Å². The van der Waals surface area contributed by atoms with E-state index in [1.54, 1.807) is 0 Å². The first-order valence-electron chi connectivity index (χ1n) is 9.05. The number of rotatable bonds is 8. The molecule has 1 aromatic heterocycles. The third-order valence-corrected chi connectivity index (χ3v) is 4.44. The lowest BCUT2D eigenvalue weighted by Crippen LogP contribution is -2.42. The largest absolute Gasteiger partial charge is 0.357 e. The van der Waals surface area contributed by atoms with Gasteiger partial charge in [-0.2, -0.15) is 0 Å². The first kappa shape index (κ1) is 21.2. The Hall–Kier alpha value is -0.830. The van der Waals surface area contributed by atoms with Gasteiger partial charge in [-0.1, -0.05) is 13.3 Å². The fourth-order valence-electron chi connectivity index (χ4n) is 3.17. The van der Waals surface area contributed by atoms with Gasteiger partial charge in [0.2, 0.25) is 0 Å². The minimum atomic E-state index is 0. The Morgan fingerprint density at radius 1 is 1.25 bits per heavy atom. The number of nitrogens with one attached hydrogen (secondary N) is 2. The Kier molecular flexibility index (Phi) is 11.1. The van der Waals surface area contributed by atoms with Crippen LogP contribution in [0.15, 0.2) is 23.7 Å². The lowest BCUT2D eigenvalue weighted by molar-refractivity contribution is 0.148. The van der Waals surface area contributed by atoms with Crippen LogP contribution >= 0.6 is 24.0 Å². The van der Waals surface area contributed by atoms with Crippen LogP contribution in [-0.4, -0.2) is 59.2 Å². The highest BCUT2D eigenvalue weighted by molar-refractivity contribution is 14.0. The van der Waals surface area contributed by atoms with Crippen LogP contribution in [0.5, 0.6) is 0 Å². The number of likely N-dealkylation sites (tertiary alicyclic amines) is 1. The minimum Gasteiger partial charge on any atom is -0.357 e. The van der Waals surface area contributed by atoms with Gasteiger partial charge in [0.1, 0.15) is 0 Å². The van der Waals surface area contributed by atoms with Crippen molar-refractivity contribution < 1.29 is 0 Å². The van der Waals surface area contributed by atoms with Crippen LogP contribution in [0.2, 0.25) is 0 Å². The molecule has 1 atom stereocenters. The van der Waals surface area contributed by atoms with Crippen molar-refractivity contribution in [3.8, 4) is 0 Å². The molecule has 24 heavy (non-hydrogen) atoms. The molecule has 1 aromatic rings. The second-order valence-corrected chi connectivity index (χ2v) is 6.08. The van der Waals surface area contributed by atoms with Crippen molar-refractivity contribution in [1.29, 1.82) is 0 Å². The molecule has 1 aliphatic heterocycles. The summed E-state index contributed by atoms with van der Waals surface area (Å²) in [5.74, 6) is 0.915. The molecule has 2 heterocycles. The van der Waals surface area contributed by atoms with E-state index in [2.05, 4.69) is 38.9 Å². The number of piperidine rings is 1. The quantitative estimate of drug-likeness (QED) is 0.364. The van der Waals surface area contributed by atoms with Crippen LogP contribution < -0.4 is 10.6 Å². The van der Waals surface area contributed by atoms with Crippen molar-refractivity contribution in [1.82, 2.24) is 25.1 Å². The molecule has 7 heteroatoms. The van der Waals surface area contributed by atoms with Gasteiger partial charge in [-0.3, -0.25) is 9.89 Å². The van der Waals surface area contributed by atoms with Gasteiger partial charge in [0.15, 0.2) is 5.96 Å². The van der Waals surface area contributed by atoms with Gasteiger partial charge >= 0.3 is 0 Å². The van der Waals surface area contributed by atoms with Gasteiger partial charge in [0, 0.05) is 44.6 Å². The molecule has 0 spiro atoms. The molecule has 1 unspecified atom stereocenters. The SMILES string of the molecule is CCNC(=NCCN1CCCCC1CC)NCCn1ccnc1.I. The standard InChI is InChI=1S/C17H32N6.HI/c1-3-16-7-5-6-11-23(16)14-10-21-17(19-4-2)20-9-13-22-12-8-18-15-22;/h8,12,15-16H,3-7,9-11,13-14H2,1-2H3,(H2,19,20,21);1H. The Morgan fingerprint density at radius 3 is 2.83 bits per heavy atom. The zero-order chi connectivity index (χ0) is 16.3. The molecule has 1 fully saturated rings. The number of halogens is 1. The molecule has 138 valence electrons. The summed E-state index contributed by atoms with van der Waals surface area (Å²) in [4.78, 5) is 11.4. The van der Waals surface area contributed by atoms with Crippen LogP contribution in [0, 0.1) is 0 Å². The molecule has 6 nitrogen and oxygen atoms in total. The average molecular weight is 448 g/mol. The van der Waals surface area contributed by atoms with Gasteiger partial charge in [0.05, 0.1) is 12.9 Å². The highest BCUT2D eigenvalue weighted by Crippen LogP contribution is 2.18. The maximum Gasteiger partial charge on any atom is 0.191 e. The summed E-state index contributed by atoms with van der Waals surface area (Å²) in [5.41, 5.74) is 0. The summed E-state index contributed by atoms with van der Waals surface area (Å²) < 4.78 is 2.07. The molecule has 0 aromatic carbocycles. The fraction of sp³-hybridized carbons (Fsp3) is 0.765.